The number of nitrogens with zero attached hydrogens (tertiary/aromatic N) is 1. The van der Waals surface area contributed by atoms with Crippen LogP contribution < -0.4 is 4.74 Å². The fraction of sp³-hybridized carbons (Fsp3) is 0.333. The van der Waals surface area contributed by atoms with Gasteiger partial charge in [0, 0.05) is 0 Å². The van der Waals surface area contributed by atoms with Gasteiger partial charge in [0.1, 0.15) is 12.4 Å². The summed E-state index contributed by atoms with van der Waals surface area (Å²) in [5, 5.41) is 0. The largest absolute Gasteiger partial charge is 0.497 e. The zero-order valence-corrected chi connectivity index (χ0v) is 15.5. The van der Waals surface area contributed by atoms with Crippen molar-refractivity contribution in [2.75, 3.05) is 13.7 Å². The van der Waals surface area contributed by atoms with E-state index in [0.717, 1.165) is 16.9 Å². The summed E-state index contributed by atoms with van der Waals surface area (Å²) in [6, 6.07) is 16.8. The van der Waals surface area contributed by atoms with E-state index >= 15 is 0 Å². The number of benzene rings is 2. The number of cyclic esters (lactones) is 1. The minimum absolute atomic E-state index is 0.157. The Morgan fingerprint density at radius 2 is 1.73 bits per heavy atom. The average molecular weight is 355 g/mol. The van der Waals surface area contributed by atoms with E-state index < -0.39 is 6.09 Å². The molecule has 1 fully saturated rings. The highest BCUT2D eigenvalue weighted by Gasteiger charge is 2.37. The molecule has 0 radical (unpaired) electrons. The molecule has 0 saturated carbocycles. The molecule has 0 aliphatic carbocycles. The zero-order valence-electron chi connectivity index (χ0n) is 15.5. The molecule has 0 aromatic heterocycles. The highest BCUT2D eigenvalue weighted by atomic mass is 16.6. The van der Waals surface area contributed by atoms with E-state index in [9.17, 15) is 9.59 Å². The highest BCUT2D eigenvalue weighted by Crippen LogP contribution is 2.19. The van der Waals surface area contributed by atoms with Crippen molar-refractivity contribution in [3.8, 4) is 5.75 Å². The number of hydrogen-bond donors (Lipinski definition) is 0. The molecule has 1 unspecified atom stereocenters. The minimum Gasteiger partial charge on any atom is -0.497 e. The van der Waals surface area contributed by atoms with Crippen LogP contribution in [0.4, 0.5) is 4.79 Å². The molecule has 2 amide bonds. The maximum absolute atomic E-state index is 12.6. The first-order chi connectivity index (χ1) is 12.7. The van der Waals surface area contributed by atoms with Crippen LogP contribution in [-0.4, -0.2) is 36.7 Å². The first-order valence-electron chi connectivity index (χ1n) is 8.83. The third-order valence-electron chi connectivity index (χ3n) is 4.06. The Morgan fingerprint density at radius 1 is 1.08 bits per heavy atom. The Bertz CT molecular complexity index is 713. The van der Waals surface area contributed by atoms with Gasteiger partial charge in [-0.1, -0.05) is 56.3 Å². The lowest BCUT2D eigenvalue weighted by molar-refractivity contribution is -0.128. The summed E-state index contributed by atoms with van der Waals surface area (Å²) in [6.07, 6.45) is 0.195. The van der Waals surface area contributed by atoms with Crippen molar-refractivity contribution in [1.82, 2.24) is 4.90 Å². The second-order valence-corrected chi connectivity index (χ2v) is 5.71. The molecule has 1 atom stereocenters. The van der Waals surface area contributed by atoms with Gasteiger partial charge in [-0.25, -0.2) is 9.69 Å². The number of hydrogen-bond acceptors (Lipinski definition) is 4. The predicted octanol–water partition coefficient (Wildman–Crippen LogP) is 3.85. The number of methoxy groups -OCH3 is 1. The molecule has 0 bridgehead atoms. The fourth-order valence-electron chi connectivity index (χ4n) is 2.81. The van der Waals surface area contributed by atoms with E-state index in [1.165, 1.54) is 4.90 Å². The van der Waals surface area contributed by atoms with Crippen LogP contribution in [0.1, 0.15) is 25.0 Å². The predicted molar refractivity (Wildman–Crippen MR) is 100 cm³/mol. The summed E-state index contributed by atoms with van der Waals surface area (Å²) < 4.78 is 10.2. The number of ether oxygens (including phenoxy) is 2. The third-order valence-corrected chi connectivity index (χ3v) is 4.06. The van der Waals surface area contributed by atoms with Crippen molar-refractivity contribution in [2.24, 2.45) is 0 Å². The molecule has 3 rings (SSSR count). The van der Waals surface area contributed by atoms with Gasteiger partial charge < -0.3 is 9.47 Å². The van der Waals surface area contributed by atoms with Crippen LogP contribution in [0.15, 0.2) is 54.6 Å². The lowest BCUT2D eigenvalue weighted by Gasteiger charge is -2.19. The van der Waals surface area contributed by atoms with E-state index in [2.05, 4.69) is 0 Å². The van der Waals surface area contributed by atoms with Crippen LogP contribution in [-0.2, 0) is 22.4 Å². The van der Waals surface area contributed by atoms with Crippen molar-refractivity contribution in [3.05, 3.63) is 65.7 Å². The zero-order chi connectivity index (χ0) is 18.9. The van der Waals surface area contributed by atoms with E-state index in [4.69, 9.17) is 9.47 Å². The first-order valence-corrected chi connectivity index (χ1v) is 8.83. The van der Waals surface area contributed by atoms with Crippen molar-refractivity contribution in [2.45, 2.75) is 32.7 Å². The summed E-state index contributed by atoms with van der Waals surface area (Å²) in [6.45, 7) is 4.24. The van der Waals surface area contributed by atoms with Gasteiger partial charge in [-0.2, -0.15) is 0 Å². The number of carbonyl (C=O) groups excluding carboxylic acids is 2. The SMILES string of the molecule is CC.COc1ccc(CC(=O)N2C(=O)OCC2Cc2ccccc2)cc1. The molecule has 1 aliphatic rings. The Morgan fingerprint density at radius 3 is 2.35 bits per heavy atom. The summed E-state index contributed by atoms with van der Waals surface area (Å²) >= 11 is 0. The molecule has 0 N–H and O–H groups in total. The molecule has 5 nitrogen and oxygen atoms in total. The van der Waals surface area contributed by atoms with Gasteiger partial charge >= 0.3 is 6.09 Å². The van der Waals surface area contributed by atoms with Gasteiger partial charge in [0.15, 0.2) is 0 Å². The molecule has 1 aliphatic heterocycles. The Balaban J connectivity index is 0.00000117. The molecule has 2 aromatic rings. The molecule has 26 heavy (non-hydrogen) atoms. The lowest BCUT2D eigenvalue weighted by Crippen LogP contribution is -2.41. The first kappa shape index (κ1) is 19.5. The van der Waals surface area contributed by atoms with Gasteiger partial charge in [0.2, 0.25) is 5.91 Å². The highest BCUT2D eigenvalue weighted by molar-refractivity contribution is 5.94. The van der Waals surface area contributed by atoms with Crippen LogP contribution in [0.25, 0.3) is 0 Å². The van der Waals surface area contributed by atoms with Gasteiger partial charge in [-0.3, -0.25) is 4.79 Å². The second-order valence-electron chi connectivity index (χ2n) is 5.71. The molecule has 5 heteroatoms. The summed E-state index contributed by atoms with van der Waals surface area (Å²) in [4.78, 5) is 25.8. The molecule has 1 heterocycles. The topological polar surface area (TPSA) is 55.8 Å². The van der Waals surface area contributed by atoms with E-state index in [-0.39, 0.29) is 25.0 Å². The average Bonchev–Trinajstić information content (AvgIpc) is 3.05. The Labute approximate surface area is 154 Å². The third kappa shape index (κ3) is 4.85. The van der Waals surface area contributed by atoms with Crippen molar-refractivity contribution in [3.63, 3.8) is 0 Å². The fourth-order valence-corrected chi connectivity index (χ4v) is 2.81. The summed E-state index contributed by atoms with van der Waals surface area (Å²) in [7, 11) is 1.59. The second kappa shape index (κ2) is 9.61. The van der Waals surface area contributed by atoms with Crippen LogP contribution >= 0.6 is 0 Å². The Hall–Kier alpha value is -2.82. The number of amides is 2. The maximum Gasteiger partial charge on any atom is 0.416 e. The number of carbonyl (C=O) groups is 2. The normalized spacial score (nSPS) is 15.7. The van der Waals surface area contributed by atoms with E-state index in [0.29, 0.717) is 6.42 Å². The number of rotatable bonds is 5. The van der Waals surface area contributed by atoms with Gasteiger partial charge in [0.25, 0.3) is 0 Å². The number of imide groups is 1. The van der Waals surface area contributed by atoms with Crippen molar-refractivity contribution >= 4 is 12.0 Å². The smallest absolute Gasteiger partial charge is 0.416 e. The Kier molecular flexibility index (Phi) is 7.21. The van der Waals surface area contributed by atoms with Gasteiger partial charge in [-0.15, -0.1) is 0 Å². The van der Waals surface area contributed by atoms with E-state index in [1.54, 1.807) is 19.2 Å². The van der Waals surface area contributed by atoms with Crippen molar-refractivity contribution < 1.29 is 19.1 Å². The summed E-state index contributed by atoms with van der Waals surface area (Å²) in [5.74, 6) is 0.484. The maximum atomic E-state index is 12.6. The molecular weight excluding hydrogens is 330 g/mol. The van der Waals surface area contributed by atoms with Crippen LogP contribution in [0.5, 0.6) is 5.75 Å². The monoisotopic (exact) mass is 355 g/mol. The molecule has 138 valence electrons. The van der Waals surface area contributed by atoms with Crippen molar-refractivity contribution in [1.29, 1.82) is 0 Å². The molecule has 2 aromatic carbocycles. The van der Waals surface area contributed by atoms with Gasteiger partial charge in [0.05, 0.1) is 19.6 Å². The van der Waals surface area contributed by atoms with E-state index in [1.807, 2.05) is 56.3 Å². The van der Waals surface area contributed by atoms with Crippen LogP contribution in [0.3, 0.4) is 0 Å². The minimum atomic E-state index is -0.561. The molecule has 0 spiro atoms. The van der Waals surface area contributed by atoms with Crippen LogP contribution in [0, 0.1) is 0 Å². The summed E-state index contributed by atoms with van der Waals surface area (Å²) in [5.41, 5.74) is 1.90. The van der Waals surface area contributed by atoms with Crippen LogP contribution in [0.2, 0.25) is 0 Å². The lowest BCUT2D eigenvalue weighted by atomic mass is 10.0. The standard InChI is InChI=1S/C19H19NO4.C2H6/c1-23-17-9-7-15(8-10-17)12-18(21)20-16(13-24-19(20)22)11-14-5-3-2-4-6-14;1-2/h2-10,16H,11-13H2,1H3;1-2H3. The quantitative estimate of drug-likeness (QED) is 0.817. The molecular formula is C21H25NO4. The molecule has 1 saturated heterocycles. The van der Waals surface area contributed by atoms with Gasteiger partial charge in [-0.05, 0) is 29.7 Å².